The van der Waals surface area contributed by atoms with Crippen LogP contribution in [0.5, 0.6) is 0 Å². The van der Waals surface area contributed by atoms with E-state index < -0.39 is 17.7 Å². The van der Waals surface area contributed by atoms with Gasteiger partial charge in [0.1, 0.15) is 11.6 Å². The lowest BCUT2D eigenvalue weighted by Crippen LogP contribution is -2.43. The van der Waals surface area contributed by atoms with E-state index >= 15 is 0 Å². The molecule has 5 nitrogen and oxygen atoms in total. The van der Waals surface area contributed by atoms with Crippen molar-refractivity contribution in [3.8, 4) is 11.1 Å². The van der Waals surface area contributed by atoms with E-state index in [1.54, 1.807) is 25.7 Å². The maximum Gasteiger partial charge on any atom is 0.408 e. The molecule has 1 N–H and O–H groups in total. The number of carbonyl (C=O) groups is 2. The SMILES string of the molecule is CC(C)(C)OC(=O)N[C@H](C(=O)N1Cc2ccccc2-c2ccccc2C1)c1ccccc1. The van der Waals surface area contributed by atoms with Crippen molar-refractivity contribution < 1.29 is 14.3 Å². The highest BCUT2D eigenvalue weighted by Crippen LogP contribution is 2.33. The van der Waals surface area contributed by atoms with Gasteiger partial charge in [0.05, 0.1) is 0 Å². The van der Waals surface area contributed by atoms with Gasteiger partial charge >= 0.3 is 6.09 Å². The van der Waals surface area contributed by atoms with Crippen molar-refractivity contribution in [2.24, 2.45) is 0 Å². The van der Waals surface area contributed by atoms with Gasteiger partial charge in [-0.3, -0.25) is 4.79 Å². The largest absolute Gasteiger partial charge is 0.444 e. The molecule has 0 unspecified atom stereocenters. The molecule has 4 rings (SSSR count). The quantitative estimate of drug-likeness (QED) is 0.602. The second-order valence-corrected chi connectivity index (χ2v) is 9.00. The summed E-state index contributed by atoms with van der Waals surface area (Å²) in [7, 11) is 0. The Morgan fingerprint density at radius 3 is 1.84 bits per heavy atom. The molecule has 0 fully saturated rings. The zero-order valence-electron chi connectivity index (χ0n) is 18.7. The topological polar surface area (TPSA) is 58.6 Å². The molecule has 2 amide bonds. The summed E-state index contributed by atoms with van der Waals surface area (Å²) >= 11 is 0. The lowest BCUT2D eigenvalue weighted by Gasteiger charge is -2.28. The average molecular weight is 429 g/mol. The fourth-order valence-corrected chi connectivity index (χ4v) is 4.01. The third-order valence-corrected chi connectivity index (χ3v) is 5.40. The molecule has 1 atom stereocenters. The third kappa shape index (κ3) is 4.83. The van der Waals surface area contributed by atoms with Gasteiger partial charge in [0.25, 0.3) is 5.91 Å². The minimum absolute atomic E-state index is 0.173. The molecular weight excluding hydrogens is 400 g/mol. The molecule has 32 heavy (non-hydrogen) atoms. The van der Waals surface area contributed by atoms with Gasteiger partial charge in [-0.05, 0) is 48.6 Å². The molecule has 3 aromatic carbocycles. The van der Waals surface area contributed by atoms with E-state index in [9.17, 15) is 9.59 Å². The van der Waals surface area contributed by atoms with Crippen LogP contribution in [0.15, 0.2) is 78.9 Å². The van der Waals surface area contributed by atoms with Crippen LogP contribution >= 0.6 is 0 Å². The first kappa shape index (κ1) is 21.6. The van der Waals surface area contributed by atoms with Crippen LogP contribution < -0.4 is 5.32 Å². The van der Waals surface area contributed by atoms with Gasteiger partial charge in [-0.2, -0.15) is 0 Å². The molecule has 164 valence electrons. The van der Waals surface area contributed by atoms with Crippen LogP contribution in [0, 0.1) is 0 Å². The van der Waals surface area contributed by atoms with Crippen LogP contribution in [0.2, 0.25) is 0 Å². The van der Waals surface area contributed by atoms with Crippen molar-refractivity contribution in [1.29, 1.82) is 0 Å². The summed E-state index contributed by atoms with van der Waals surface area (Å²) in [5.41, 5.74) is 4.48. The van der Waals surface area contributed by atoms with Crippen molar-refractivity contribution in [2.75, 3.05) is 0 Å². The maximum absolute atomic E-state index is 13.8. The number of carbonyl (C=O) groups excluding carboxylic acids is 2. The Kier molecular flexibility index (Phi) is 5.99. The predicted octanol–water partition coefficient (Wildman–Crippen LogP) is 5.46. The van der Waals surface area contributed by atoms with Crippen molar-refractivity contribution in [3.05, 3.63) is 95.6 Å². The summed E-state index contributed by atoms with van der Waals surface area (Å²) in [6.45, 7) is 6.32. The molecule has 0 aliphatic carbocycles. The molecule has 1 heterocycles. The van der Waals surface area contributed by atoms with E-state index in [0.717, 1.165) is 22.3 Å². The average Bonchev–Trinajstić information content (AvgIpc) is 2.93. The van der Waals surface area contributed by atoms with Crippen molar-refractivity contribution in [3.63, 3.8) is 0 Å². The first-order chi connectivity index (χ1) is 15.3. The third-order valence-electron chi connectivity index (χ3n) is 5.40. The van der Waals surface area contributed by atoms with Gasteiger partial charge in [0.2, 0.25) is 0 Å². The summed E-state index contributed by atoms with van der Waals surface area (Å²) in [6.07, 6.45) is -0.615. The lowest BCUT2D eigenvalue weighted by atomic mass is 9.97. The summed E-state index contributed by atoms with van der Waals surface area (Å²) in [4.78, 5) is 28.2. The minimum Gasteiger partial charge on any atom is -0.444 e. The molecule has 5 heteroatoms. The zero-order chi connectivity index (χ0) is 22.7. The number of hydrogen-bond acceptors (Lipinski definition) is 3. The van der Waals surface area contributed by atoms with Crippen LogP contribution in [0.1, 0.15) is 43.5 Å². The van der Waals surface area contributed by atoms with Crippen LogP contribution in [0.3, 0.4) is 0 Å². The fraction of sp³-hybridized carbons (Fsp3) is 0.259. The number of nitrogens with zero attached hydrogens (tertiary/aromatic N) is 1. The Morgan fingerprint density at radius 1 is 0.812 bits per heavy atom. The Balaban J connectivity index is 1.69. The Hall–Kier alpha value is -3.60. The second-order valence-electron chi connectivity index (χ2n) is 9.00. The number of benzene rings is 3. The molecule has 1 aliphatic rings. The molecule has 0 saturated heterocycles. The molecular formula is C27H28N2O3. The van der Waals surface area contributed by atoms with Crippen LogP contribution in [-0.4, -0.2) is 22.5 Å². The van der Waals surface area contributed by atoms with Crippen LogP contribution in [0.4, 0.5) is 4.79 Å². The normalized spacial score (nSPS) is 13.9. The van der Waals surface area contributed by atoms with Gasteiger partial charge in [-0.1, -0.05) is 78.9 Å². The van der Waals surface area contributed by atoms with E-state index in [4.69, 9.17) is 4.74 Å². The molecule has 0 radical (unpaired) electrons. The maximum atomic E-state index is 13.8. The number of alkyl carbamates (subject to hydrolysis) is 1. The predicted molar refractivity (Wildman–Crippen MR) is 125 cm³/mol. The smallest absolute Gasteiger partial charge is 0.408 e. The van der Waals surface area contributed by atoms with Crippen molar-refractivity contribution >= 4 is 12.0 Å². The van der Waals surface area contributed by atoms with Gasteiger partial charge in [0.15, 0.2) is 0 Å². The summed E-state index contributed by atoms with van der Waals surface area (Å²) in [6, 6.07) is 24.8. The van der Waals surface area contributed by atoms with E-state index in [1.807, 2.05) is 54.6 Å². The molecule has 3 aromatic rings. The summed E-state index contributed by atoms with van der Waals surface area (Å²) in [5, 5.41) is 2.80. The highest BCUT2D eigenvalue weighted by atomic mass is 16.6. The first-order valence-electron chi connectivity index (χ1n) is 10.8. The monoisotopic (exact) mass is 428 g/mol. The lowest BCUT2D eigenvalue weighted by molar-refractivity contribution is -0.135. The number of fused-ring (bicyclic) bond motifs is 3. The molecule has 1 aliphatic heterocycles. The van der Waals surface area contributed by atoms with Crippen LogP contribution in [0.25, 0.3) is 11.1 Å². The number of hydrogen-bond donors (Lipinski definition) is 1. The molecule has 0 spiro atoms. The van der Waals surface area contributed by atoms with E-state index in [1.165, 1.54) is 0 Å². The fourth-order valence-electron chi connectivity index (χ4n) is 4.01. The molecule has 0 aromatic heterocycles. The van der Waals surface area contributed by atoms with Gasteiger partial charge in [0, 0.05) is 13.1 Å². The summed E-state index contributed by atoms with van der Waals surface area (Å²) in [5.74, 6) is -0.173. The zero-order valence-corrected chi connectivity index (χ0v) is 18.7. The summed E-state index contributed by atoms with van der Waals surface area (Å²) < 4.78 is 5.44. The van der Waals surface area contributed by atoms with Crippen molar-refractivity contribution in [2.45, 2.75) is 45.5 Å². The van der Waals surface area contributed by atoms with Crippen molar-refractivity contribution in [1.82, 2.24) is 10.2 Å². The van der Waals surface area contributed by atoms with Gasteiger partial charge in [-0.15, -0.1) is 0 Å². The highest BCUT2D eigenvalue weighted by Gasteiger charge is 2.31. The first-order valence-corrected chi connectivity index (χ1v) is 10.8. The molecule has 0 saturated carbocycles. The Morgan fingerprint density at radius 2 is 1.31 bits per heavy atom. The molecule has 0 bridgehead atoms. The number of nitrogens with one attached hydrogen (secondary N) is 1. The highest BCUT2D eigenvalue weighted by molar-refractivity contribution is 5.88. The van der Waals surface area contributed by atoms with E-state index in [0.29, 0.717) is 18.7 Å². The van der Waals surface area contributed by atoms with Gasteiger partial charge in [-0.25, -0.2) is 4.79 Å². The van der Waals surface area contributed by atoms with Gasteiger partial charge < -0.3 is 15.0 Å². The number of ether oxygens (including phenoxy) is 1. The number of amides is 2. The van der Waals surface area contributed by atoms with E-state index in [2.05, 4.69) is 29.6 Å². The Labute approximate surface area is 189 Å². The second kappa shape index (κ2) is 8.87. The van der Waals surface area contributed by atoms with Crippen LogP contribution in [-0.2, 0) is 22.6 Å². The number of rotatable bonds is 3. The van der Waals surface area contributed by atoms with E-state index in [-0.39, 0.29) is 5.91 Å². The minimum atomic E-state index is -0.844. The standard InChI is InChI=1S/C27H28N2O3/c1-27(2,3)32-26(31)28-24(19-11-5-4-6-12-19)25(30)29-17-20-13-7-9-15-22(20)23-16-10-8-14-21(23)18-29/h4-16,24H,17-18H2,1-3H3,(H,28,31)/t24-/m0/s1. The Bertz CT molecular complexity index is 1070.